The van der Waals surface area contributed by atoms with E-state index in [-0.39, 0.29) is 17.7 Å². The van der Waals surface area contributed by atoms with Crippen molar-refractivity contribution in [3.63, 3.8) is 0 Å². The van der Waals surface area contributed by atoms with E-state index in [0.29, 0.717) is 17.7 Å². The highest BCUT2D eigenvalue weighted by molar-refractivity contribution is 6.00. The normalized spacial score (nSPS) is 17.3. The number of benzene rings is 2. The predicted octanol–water partition coefficient (Wildman–Crippen LogP) is 4.46. The third-order valence-electron chi connectivity index (χ3n) is 3.94. The van der Waals surface area contributed by atoms with E-state index in [0.717, 1.165) is 16.7 Å². The number of hydrogen-bond donors (Lipinski definition) is 0. The molecule has 0 spiro atoms. The molecule has 1 aliphatic heterocycles. The summed E-state index contributed by atoms with van der Waals surface area (Å²) in [6, 6.07) is 8.24. The van der Waals surface area contributed by atoms with Gasteiger partial charge in [0, 0.05) is 6.07 Å². The maximum atomic E-state index is 13.4. The zero-order chi connectivity index (χ0) is 15.1. The Kier molecular flexibility index (Phi) is 3.28. The summed E-state index contributed by atoms with van der Waals surface area (Å²) in [6.07, 6.45) is -0.0454. The second-order valence-electron chi connectivity index (χ2n) is 5.69. The summed E-state index contributed by atoms with van der Waals surface area (Å²) in [4.78, 5) is 12.3. The van der Waals surface area contributed by atoms with Crippen LogP contribution in [0.15, 0.2) is 30.3 Å². The largest absolute Gasteiger partial charge is 0.484 e. The van der Waals surface area contributed by atoms with Gasteiger partial charge in [0.2, 0.25) is 0 Å². The van der Waals surface area contributed by atoms with Crippen LogP contribution in [-0.2, 0) is 0 Å². The van der Waals surface area contributed by atoms with Gasteiger partial charge in [0.1, 0.15) is 17.7 Å². The Morgan fingerprint density at radius 2 is 1.76 bits per heavy atom. The molecule has 0 saturated heterocycles. The average molecular weight is 284 g/mol. The van der Waals surface area contributed by atoms with Crippen LogP contribution in [0.1, 0.15) is 45.1 Å². The van der Waals surface area contributed by atoms with Crippen LogP contribution in [0.3, 0.4) is 0 Å². The molecule has 2 nitrogen and oxygen atoms in total. The van der Waals surface area contributed by atoms with Crippen molar-refractivity contribution >= 4 is 5.78 Å². The minimum atomic E-state index is -0.389. The van der Waals surface area contributed by atoms with Crippen LogP contribution >= 0.6 is 0 Å². The number of hydrogen-bond acceptors (Lipinski definition) is 2. The predicted molar refractivity (Wildman–Crippen MR) is 79.4 cm³/mol. The molecule has 0 N–H and O–H groups in total. The lowest BCUT2D eigenvalue weighted by Crippen LogP contribution is -2.22. The first kappa shape index (κ1) is 13.8. The van der Waals surface area contributed by atoms with Gasteiger partial charge in [0.15, 0.2) is 5.78 Å². The molecule has 21 heavy (non-hydrogen) atoms. The van der Waals surface area contributed by atoms with E-state index in [2.05, 4.69) is 12.1 Å². The van der Waals surface area contributed by atoms with Gasteiger partial charge in [0.25, 0.3) is 0 Å². The highest BCUT2D eigenvalue weighted by atomic mass is 19.1. The molecule has 0 saturated carbocycles. The number of Topliss-reactive ketones (excluding diaryl/α,β-unsaturated/α-hetero) is 1. The van der Waals surface area contributed by atoms with Gasteiger partial charge in [-0.25, -0.2) is 4.39 Å². The second-order valence-corrected chi connectivity index (χ2v) is 5.69. The monoisotopic (exact) mass is 284 g/mol. The summed E-state index contributed by atoms with van der Waals surface area (Å²) in [7, 11) is 0. The zero-order valence-corrected chi connectivity index (χ0v) is 12.4. The first-order valence-corrected chi connectivity index (χ1v) is 7.03. The first-order chi connectivity index (χ1) is 9.95. The van der Waals surface area contributed by atoms with Crippen molar-refractivity contribution in [1.82, 2.24) is 0 Å². The second kappa shape index (κ2) is 4.99. The number of carbonyl (C=O) groups is 1. The van der Waals surface area contributed by atoms with Gasteiger partial charge < -0.3 is 4.74 Å². The molecule has 0 fully saturated rings. The molecule has 1 heterocycles. The Balaban J connectivity index is 2.05. The van der Waals surface area contributed by atoms with Gasteiger partial charge in [-0.3, -0.25) is 4.79 Å². The summed E-state index contributed by atoms with van der Waals surface area (Å²) in [6.45, 7) is 6.08. The van der Waals surface area contributed by atoms with Crippen LogP contribution < -0.4 is 4.74 Å². The molecule has 0 amide bonds. The number of ether oxygens (including phenoxy) is 1. The molecule has 2 aromatic rings. The van der Waals surface area contributed by atoms with Crippen molar-refractivity contribution < 1.29 is 13.9 Å². The first-order valence-electron chi connectivity index (χ1n) is 7.03. The number of fused-ring (bicyclic) bond motifs is 1. The topological polar surface area (TPSA) is 26.3 Å². The number of rotatable bonds is 1. The van der Waals surface area contributed by atoms with Crippen LogP contribution in [0.5, 0.6) is 5.75 Å². The Morgan fingerprint density at radius 1 is 1.10 bits per heavy atom. The molecule has 2 aromatic carbocycles. The molecule has 1 unspecified atom stereocenters. The number of halogens is 1. The van der Waals surface area contributed by atoms with Crippen molar-refractivity contribution in [2.24, 2.45) is 0 Å². The fourth-order valence-electron chi connectivity index (χ4n) is 3.16. The molecule has 3 rings (SSSR count). The van der Waals surface area contributed by atoms with Gasteiger partial charge in [-0.05, 0) is 49.6 Å². The summed E-state index contributed by atoms with van der Waals surface area (Å²) < 4.78 is 19.3. The van der Waals surface area contributed by atoms with E-state index in [1.165, 1.54) is 23.8 Å². The van der Waals surface area contributed by atoms with Crippen molar-refractivity contribution in [3.05, 3.63) is 64.0 Å². The molecule has 3 heteroatoms. The van der Waals surface area contributed by atoms with E-state index in [1.807, 2.05) is 20.8 Å². The molecular weight excluding hydrogens is 267 g/mol. The lowest BCUT2D eigenvalue weighted by Gasteiger charge is -2.28. The lowest BCUT2D eigenvalue weighted by atomic mass is 9.90. The molecule has 1 atom stereocenters. The van der Waals surface area contributed by atoms with Crippen LogP contribution in [0.25, 0.3) is 0 Å². The van der Waals surface area contributed by atoms with Gasteiger partial charge in [-0.15, -0.1) is 0 Å². The molecule has 0 bridgehead atoms. The van der Waals surface area contributed by atoms with E-state index < -0.39 is 0 Å². The Hall–Kier alpha value is -2.16. The minimum absolute atomic E-state index is 0.000579. The van der Waals surface area contributed by atoms with Crippen LogP contribution in [0.4, 0.5) is 4.39 Å². The fourth-order valence-corrected chi connectivity index (χ4v) is 3.16. The Bertz CT molecular complexity index is 711. The minimum Gasteiger partial charge on any atom is -0.484 e. The van der Waals surface area contributed by atoms with Crippen LogP contribution in [-0.4, -0.2) is 5.78 Å². The highest BCUT2D eigenvalue weighted by Crippen LogP contribution is 2.37. The summed E-state index contributed by atoms with van der Waals surface area (Å²) in [5.74, 6) is -0.0456. The van der Waals surface area contributed by atoms with E-state index in [9.17, 15) is 9.18 Å². The third-order valence-corrected chi connectivity index (χ3v) is 3.94. The number of ketones is 1. The van der Waals surface area contributed by atoms with Gasteiger partial charge in [0.05, 0.1) is 12.0 Å². The molecule has 0 radical (unpaired) electrons. The van der Waals surface area contributed by atoms with Crippen LogP contribution in [0, 0.1) is 26.6 Å². The van der Waals surface area contributed by atoms with E-state index in [4.69, 9.17) is 4.74 Å². The van der Waals surface area contributed by atoms with Gasteiger partial charge >= 0.3 is 0 Å². The summed E-state index contributed by atoms with van der Waals surface area (Å²) in [5.41, 5.74) is 4.89. The van der Waals surface area contributed by atoms with Crippen molar-refractivity contribution in [3.8, 4) is 5.75 Å². The maximum Gasteiger partial charge on any atom is 0.170 e. The molecule has 1 aliphatic rings. The zero-order valence-electron chi connectivity index (χ0n) is 12.4. The number of aryl methyl sites for hydroxylation is 3. The third kappa shape index (κ3) is 2.44. The molecule has 0 aliphatic carbocycles. The van der Waals surface area contributed by atoms with Crippen molar-refractivity contribution in [2.75, 3.05) is 0 Å². The van der Waals surface area contributed by atoms with E-state index >= 15 is 0 Å². The SMILES string of the molecule is Cc1cc(C)c(C2CC(=O)c3ccc(F)cc3O2)c(C)c1. The molecule has 108 valence electrons. The lowest BCUT2D eigenvalue weighted by molar-refractivity contribution is 0.0848. The maximum absolute atomic E-state index is 13.4. The quantitative estimate of drug-likeness (QED) is 0.773. The smallest absolute Gasteiger partial charge is 0.170 e. The number of carbonyl (C=O) groups excluding carboxylic acids is 1. The van der Waals surface area contributed by atoms with E-state index in [1.54, 1.807) is 0 Å². The van der Waals surface area contributed by atoms with Gasteiger partial charge in [-0.2, -0.15) is 0 Å². The standard InChI is InChI=1S/C18H17FO2/c1-10-6-11(2)18(12(3)7-10)17-9-15(20)14-5-4-13(19)8-16(14)21-17/h4-8,17H,9H2,1-3H3. The van der Waals surface area contributed by atoms with Crippen LogP contribution in [0.2, 0.25) is 0 Å². The molecular formula is C18H17FO2. The van der Waals surface area contributed by atoms with Gasteiger partial charge in [-0.1, -0.05) is 17.7 Å². The fraction of sp³-hybridized carbons (Fsp3) is 0.278. The molecule has 0 aromatic heterocycles. The summed E-state index contributed by atoms with van der Waals surface area (Å²) >= 11 is 0. The summed E-state index contributed by atoms with van der Waals surface area (Å²) in [5, 5.41) is 0. The highest BCUT2D eigenvalue weighted by Gasteiger charge is 2.29. The Labute approximate surface area is 123 Å². The average Bonchev–Trinajstić information content (AvgIpc) is 2.36. The Morgan fingerprint density at radius 3 is 2.43 bits per heavy atom. The van der Waals surface area contributed by atoms with Crippen molar-refractivity contribution in [2.45, 2.75) is 33.3 Å². The van der Waals surface area contributed by atoms with Crippen molar-refractivity contribution in [1.29, 1.82) is 0 Å².